The Morgan fingerprint density at radius 1 is 1.28 bits per heavy atom. The molecule has 1 aliphatic heterocycles. The fourth-order valence-electron chi connectivity index (χ4n) is 3.62. The van der Waals surface area contributed by atoms with Crippen molar-refractivity contribution in [2.75, 3.05) is 11.9 Å². The predicted molar refractivity (Wildman–Crippen MR) is 137 cm³/mol. The molecular weight excluding hydrogens is 500 g/mol. The summed E-state index contributed by atoms with van der Waals surface area (Å²) >= 11 is 12.7. The van der Waals surface area contributed by atoms with Crippen LogP contribution in [-0.2, 0) is 13.1 Å². The molecule has 3 aromatic heterocycles. The molecule has 0 saturated carbocycles. The maximum atomic E-state index is 13.3. The summed E-state index contributed by atoms with van der Waals surface area (Å²) in [5.41, 5.74) is 2.18. The number of aromatic nitrogens is 3. The molecule has 0 spiro atoms. The number of fused-ring (bicyclic) bond motifs is 1. The van der Waals surface area contributed by atoms with Gasteiger partial charge in [-0.2, -0.15) is 4.57 Å². The zero-order valence-corrected chi connectivity index (χ0v) is 21.7. The third-order valence-electron chi connectivity index (χ3n) is 5.18. The number of hydrogen-bond donors (Lipinski definition) is 0. The molecular formula is C22H20ClN4OS4+. The number of anilines is 1. The van der Waals surface area contributed by atoms with Crippen LogP contribution >= 0.6 is 57.4 Å². The molecule has 0 radical (unpaired) electrons. The van der Waals surface area contributed by atoms with Crippen LogP contribution in [0.4, 0.5) is 5.69 Å². The minimum Gasteiger partial charge on any atom is -0.337 e. The van der Waals surface area contributed by atoms with Crippen molar-refractivity contribution in [3.63, 3.8) is 0 Å². The SMILES string of the molecule is CCn1c(=O)/c(=C2\Sc3cc(Cl)ccc3N2C)s/c1=C\c1scc[n+]1Cc1csc(C)n1. The number of hydrogen-bond acceptors (Lipinski definition) is 7. The van der Waals surface area contributed by atoms with Crippen LogP contribution in [0.2, 0.25) is 5.02 Å². The lowest BCUT2D eigenvalue weighted by molar-refractivity contribution is -0.685. The zero-order valence-electron chi connectivity index (χ0n) is 17.7. The monoisotopic (exact) mass is 519 g/mol. The summed E-state index contributed by atoms with van der Waals surface area (Å²) in [4.78, 5) is 21.1. The van der Waals surface area contributed by atoms with E-state index < -0.39 is 0 Å². The molecule has 0 saturated heterocycles. The summed E-state index contributed by atoms with van der Waals surface area (Å²) in [6.45, 7) is 5.38. The van der Waals surface area contributed by atoms with E-state index in [9.17, 15) is 4.79 Å². The summed E-state index contributed by atoms with van der Waals surface area (Å²) in [5.74, 6) is 0. The fourth-order valence-corrected chi connectivity index (χ4v) is 7.81. The lowest BCUT2D eigenvalue weighted by Gasteiger charge is -2.12. The minimum atomic E-state index is 0.0511. The summed E-state index contributed by atoms with van der Waals surface area (Å²) < 4.78 is 5.75. The summed E-state index contributed by atoms with van der Waals surface area (Å²) in [6.07, 6.45) is 4.19. The quantitative estimate of drug-likeness (QED) is 0.384. The van der Waals surface area contributed by atoms with Crippen LogP contribution in [0, 0.1) is 6.92 Å². The first-order valence-electron chi connectivity index (χ1n) is 9.99. The molecule has 0 bridgehead atoms. The van der Waals surface area contributed by atoms with Gasteiger partial charge in [-0.1, -0.05) is 34.7 Å². The number of halogens is 1. The van der Waals surface area contributed by atoms with E-state index in [1.807, 2.05) is 43.7 Å². The molecule has 1 aromatic carbocycles. The van der Waals surface area contributed by atoms with Crippen molar-refractivity contribution >= 4 is 74.2 Å². The molecule has 10 heteroatoms. The van der Waals surface area contributed by atoms with Crippen LogP contribution < -0.4 is 24.2 Å². The van der Waals surface area contributed by atoms with Gasteiger partial charge >= 0.3 is 0 Å². The standard InChI is InChI=1S/C22H20ClN4OS4/c1-4-27-19(10-18-26(7-8-29-18)11-15-12-30-13(2)24-15)32-20(21(27)28)22-25(3)16-6-5-14(23)9-17(16)31-22/h5-10,12H,4,11H2,1-3H3/q+1/b22-20+. The largest absolute Gasteiger partial charge is 0.337 e. The summed E-state index contributed by atoms with van der Waals surface area (Å²) in [6, 6.07) is 5.85. The molecule has 5 nitrogen and oxygen atoms in total. The molecule has 32 heavy (non-hydrogen) atoms. The maximum Gasteiger partial charge on any atom is 0.271 e. The summed E-state index contributed by atoms with van der Waals surface area (Å²) in [7, 11) is 2.00. The van der Waals surface area contributed by atoms with Crippen molar-refractivity contribution in [2.24, 2.45) is 0 Å². The van der Waals surface area contributed by atoms with Crippen molar-refractivity contribution in [3.8, 4) is 0 Å². The Balaban J connectivity index is 1.61. The zero-order chi connectivity index (χ0) is 22.4. The summed E-state index contributed by atoms with van der Waals surface area (Å²) in [5, 5.41) is 8.00. The van der Waals surface area contributed by atoms with Gasteiger partial charge < -0.3 is 4.90 Å². The Kier molecular flexibility index (Phi) is 6.02. The number of thiazole rings is 3. The molecule has 0 amide bonds. The van der Waals surface area contributed by atoms with Gasteiger partial charge in [0.2, 0.25) is 0 Å². The van der Waals surface area contributed by atoms with Gasteiger partial charge in [0.05, 0.1) is 22.2 Å². The predicted octanol–water partition coefficient (Wildman–Crippen LogP) is 3.88. The van der Waals surface area contributed by atoms with Crippen molar-refractivity contribution in [3.05, 3.63) is 75.4 Å². The first-order valence-corrected chi connectivity index (χ1v) is 13.8. The van der Waals surface area contributed by atoms with Crippen molar-refractivity contribution < 1.29 is 4.57 Å². The lowest BCUT2D eigenvalue weighted by Crippen LogP contribution is -2.36. The molecule has 0 aliphatic carbocycles. The highest BCUT2D eigenvalue weighted by Crippen LogP contribution is 2.46. The molecule has 0 fully saturated rings. The van der Waals surface area contributed by atoms with Gasteiger partial charge in [-0.05, 0) is 32.0 Å². The van der Waals surface area contributed by atoms with Gasteiger partial charge in [0, 0.05) is 28.9 Å². The van der Waals surface area contributed by atoms with Crippen molar-refractivity contribution in [2.45, 2.75) is 31.8 Å². The molecule has 1 aliphatic rings. The number of thioether (sulfide) groups is 1. The third kappa shape index (κ3) is 3.97. The maximum absolute atomic E-state index is 13.3. The normalized spacial score (nSPS) is 15.6. The molecule has 4 heterocycles. The average molecular weight is 520 g/mol. The second kappa shape index (κ2) is 8.79. The van der Waals surface area contributed by atoms with Crippen LogP contribution in [0.25, 0.3) is 11.1 Å². The van der Waals surface area contributed by atoms with Crippen LogP contribution in [0.1, 0.15) is 22.6 Å². The van der Waals surface area contributed by atoms with E-state index in [0.717, 1.165) is 47.1 Å². The fraction of sp³-hybridized carbons (Fsp3) is 0.227. The van der Waals surface area contributed by atoms with Crippen molar-refractivity contribution in [1.82, 2.24) is 9.55 Å². The highest BCUT2D eigenvalue weighted by molar-refractivity contribution is 8.08. The van der Waals surface area contributed by atoms with Crippen LogP contribution in [0.3, 0.4) is 0 Å². The Labute approximate surface area is 206 Å². The highest BCUT2D eigenvalue weighted by atomic mass is 35.5. The molecule has 0 N–H and O–H groups in total. The Morgan fingerprint density at radius 2 is 2.12 bits per heavy atom. The van der Waals surface area contributed by atoms with Gasteiger partial charge in [0.15, 0.2) is 12.7 Å². The van der Waals surface area contributed by atoms with E-state index >= 15 is 0 Å². The number of nitrogens with zero attached hydrogens (tertiary/aromatic N) is 4. The first-order chi connectivity index (χ1) is 15.4. The van der Waals surface area contributed by atoms with Crippen molar-refractivity contribution in [1.29, 1.82) is 0 Å². The topological polar surface area (TPSA) is 42.0 Å². The van der Waals surface area contributed by atoms with E-state index in [0.29, 0.717) is 11.6 Å². The molecule has 0 atom stereocenters. The van der Waals surface area contributed by atoms with E-state index in [1.54, 1.807) is 45.8 Å². The van der Waals surface area contributed by atoms with Gasteiger partial charge in [-0.3, -0.25) is 9.36 Å². The van der Waals surface area contributed by atoms with E-state index in [4.69, 9.17) is 11.6 Å². The van der Waals surface area contributed by atoms with Gasteiger partial charge in [-0.15, -0.1) is 22.7 Å². The highest BCUT2D eigenvalue weighted by Gasteiger charge is 2.25. The smallest absolute Gasteiger partial charge is 0.271 e. The third-order valence-corrected chi connectivity index (χ3v) is 9.55. The number of aryl methyl sites for hydroxylation is 1. The lowest BCUT2D eigenvalue weighted by atomic mass is 10.3. The van der Waals surface area contributed by atoms with Crippen LogP contribution in [0.5, 0.6) is 0 Å². The van der Waals surface area contributed by atoms with Gasteiger partial charge in [0.25, 0.3) is 10.6 Å². The van der Waals surface area contributed by atoms with Crippen LogP contribution in [0.15, 0.2) is 44.8 Å². The van der Waals surface area contributed by atoms with Gasteiger partial charge in [0.1, 0.15) is 19.9 Å². The second-order valence-corrected chi connectivity index (χ2v) is 11.8. The Hall–Kier alpha value is -1.91. The number of benzene rings is 1. The molecule has 164 valence electrons. The average Bonchev–Trinajstić information content (AvgIpc) is 3.51. The number of rotatable bonds is 4. The van der Waals surface area contributed by atoms with E-state index in [1.165, 1.54) is 0 Å². The second-order valence-electron chi connectivity index (χ2n) is 7.27. The van der Waals surface area contributed by atoms with Crippen LogP contribution in [-0.4, -0.2) is 16.6 Å². The minimum absolute atomic E-state index is 0.0511. The molecule has 5 rings (SSSR count). The molecule has 4 aromatic rings. The van der Waals surface area contributed by atoms with E-state index in [2.05, 4.69) is 37.5 Å². The molecule has 0 unspecified atom stereocenters. The van der Waals surface area contributed by atoms with E-state index in [-0.39, 0.29) is 5.56 Å². The Bertz CT molecular complexity index is 1500. The van der Waals surface area contributed by atoms with Gasteiger partial charge in [-0.25, -0.2) is 4.98 Å². The Morgan fingerprint density at radius 3 is 2.88 bits per heavy atom. The first kappa shape index (κ1) is 21.9.